The van der Waals surface area contributed by atoms with E-state index in [1.807, 2.05) is 21.7 Å². The summed E-state index contributed by atoms with van der Waals surface area (Å²) in [6.07, 6.45) is -1.60. The number of rotatable bonds is 4. The third kappa shape index (κ3) is 5.43. The average molecular weight is 408 g/mol. The molecule has 2 fully saturated rings. The van der Waals surface area contributed by atoms with Crippen molar-refractivity contribution < 1.29 is 32.6 Å². The van der Waals surface area contributed by atoms with Gasteiger partial charge in [-0.25, -0.2) is 4.79 Å². The van der Waals surface area contributed by atoms with Crippen LogP contribution in [0, 0.1) is 0 Å². The summed E-state index contributed by atoms with van der Waals surface area (Å²) < 4.78 is 36.9. The molecule has 6 nitrogen and oxygen atoms in total. The van der Waals surface area contributed by atoms with Gasteiger partial charge in [0, 0.05) is 44.2 Å². The highest BCUT2D eigenvalue weighted by molar-refractivity contribution is 7.08. The molecule has 1 aromatic heterocycles. The van der Waals surface area contributed by atoms with Crippen molar-refractivity contribution in [2.75, 3.05) is 39.9 Å². The Morgan fingerprint density at radius 2 is 1.85 bits per heavy atom. The summed E-state index contributed by atoms with van der Waals surface area (Å²) >= 11 is 1.59. The third-order valence-electron chi connectivity index (χ3n) is 5.08. The van der Waals surface area contributed by atoms with E-state index >= 15 is 0 Å². The van der Waals surface area contributed by atoms with E-state index in [0.717, 1.165) is 44.6 Å². The normalized spacial score (nSPS) is 19.2. The fourth-order valence-electron chi connectivity index (χ4n) is 3.40. The fourth-order valence-corrected chi connectivity index (χ4v) is 4.03. The number of carboxylic acid groups (broad SMARTS) is 1. The van der Waals surface area contributed by atoms with E-state index in [-0.39, 0.29) is 5.91 Å². The summed E-state index contributed by atoms with van der Waals surface area (Å²) in [6.45, 7) is 4.78. The van der Waals surface area contributed by atoms with Gasteiger partial charge in [0.15, 0.2) is 0 Å². The van der Waals surface area contributed by atoms with E-state index in [4.69, 9.17) is 14.6 Å². The summed E-state index contributed by atoms with van der Waals surface area (Å²) in [5, 5.41) is 11.0. The molecule has 0 aromatic carbocycles. The lowest BCUT2D eigenvalue weighted by atomic mass is 9.76. The van der Waals surface area contributed by atoms with Gasteiger partial charge in [-0.2, -0.15) is 24.5 Å². The zero-order valence-corrected chi connectivity index (χ0v) is 15.8. The van der Waals surface area contributed by atoms with Crippen LogP contribution in [-0.4, -0.2) is 78.4 Å². The van der Waals surface area contributed by atoms with Gasteiger partial charge in [-0.15, -0.1) is 0 Å². The van der Waals surface area contributed by atoms with Crippen LogP contribution >= 0.6 is 11.3 Å². The van der Waals surface area contributed by atoms with Crippen LogP contribution in [0.1, 0.15) is 29.6 Å². The van der Waals surface area contributed by atoms with Crippen LogP contribution < -0.4 is 0 Å². The van der Waals surface area contributed by atoms with E-state index < -0.39 is 12.1 Å². The van der Waals surface area contributed by atoms with Crippen molar-refractivity contribution in [3.05, 3.63) is 22.4 Å². The molecule has 1 amide bonds. The quantitative estimate of drug-likeness (QED) is 0.830. The number of alkyl halides is 3. The molecule has 3 heterocycles. The first-order valence-electron chi connectivity index (χ1n) is 8.55. The lowest BCUT2D eigenvalue weighted by Crippen LogP contribution is -2.64. The van der Waals surface area contributed by atoms with Crippen LogP contribution in [0.4, 0.5) is 13.2 Å². The monoisotopic (exact) mass is 408 g/mol. The van der Waals surface area contributed by atoms with Crippen molar-refractivity contribution in [3.8, 4) is 0 Å². The molecule has 0 aliphatic carbocycles. The van der Waals surface area contributed by atoms with Gasteiger partial charge >= 0.3 is 12.1 Å². The molecule has 0 bridgehead atoms. The van der Waals surface area contributed by atoms with Crippen molar-refractivity contribution in [2.24, 2.45) is 0 Å². The van der Waals surface area contributed by atoms with Crippen LogP contribution in [0.2, 0.25) is 0 Å². The van der Waals surface area contributed by atoms with E-state index in [0.29, 0.717) is 5.54 Å². The molecule has 0 radical (unpaired) electrons. The molecule has 10 heteroatoms. The number of hydrogen-bond donors (Lipinski definition) is 1. The molecule has 0 unspecified atom stereocenters. The van der Waals surface area contributed by atoms with Gasteiger partial charge in [-0.1, -0.05) is 0 Å². The Morgan fingerprint density at radius 1 is 1.26 bits per heavy atom. The first kappa shape index (κ1) is 21.6. The van der Waals surface area contributed by atoms with Crippen molar-refractivity contribution in [1.29, 1.82) is 0 Å². The van der Waals surface area contributed by atoms with E-state index in [9.17, 15) is 18.0 Å². The first-order valence-corrected chi connectivity index (χ1v) is 9.49. The van der Waals surface area contributed by atoms with Gasteiger partial charge in [0.25, 0.3) is 5.91 Å². The molecule has 0 saturated carbocycles. The summed E-state index contributed by atoms with van der Waals surface area (Å²) in [7, 11) is 1.76. The third-order valence-corrected chi connectivity index (χ3v) is 5.76. The second-order valence-corrected chi connectivity index (χ2v) is 7.34. The molecule has 2 aliphatic heterocycles. The highest BCUT2D eigenvalue weighted by Crippen LogP contribution is 2.39. The molecule has 2 aliphatic rings. The number of methoxy groups -OCH3 is 1. The van der Waals surface area contributed by atoms with E-state index in [1.54, 1.807) is 18.4 Å². The van der Waals surface area contributed by atoms with Crippen LogP contribution in [0.3, 0.4) is 0 Å². The Labute approximate surface area is 159 Å². The van der Waals surface area contributed by atoms with Crippen molar-refractivity contribution >= 4 is 23.2 Å². The summed E-state index contributed by atoms with van der Waals surface area (Å²) in [6, 6.07) is 1.92. The summed E-state index contributed by atoms with van der Waals surface area (Å²) in [5.74, 6) is -2.56. The zero-order chi connectivity index (χ0) is 20.1. The molecule has 2 saturated heterocycles. The molecular weight excluding hydrogens is 385 g/mol. The number of ether oxygens (including phenoxy) is 1. The number of amides is 1. The van der Waals surface area contributed by atoms with E-state index in [1.165, 1.54) is 13.0 Å². The molecule has 1 N–H and O–H groups in total. The molecular formula is C17H23F3N2O4S. The number of thiophene rings is 1. The Bertz CT molecular complexity index is 629. The second-order valence-electron chi connectivity index (χ2n) is 6.56. The highest BCUT2D eigenvalue weighted by Gasteiger charge is 2.46. The predicted molar refractivity (Wildman–Crippen MR) is 93.9 cm³/mol. The molecule has 0 atom stereocenters. The minimum absolute atomic E-state index is 0.198. The molecule has 152 valence electrons. The van der Waals surface area contributed by atoms with Gasteiger partial charge in [0.2, 0.25) is 0 Å². The molecule has 1 spiro atoms. The number of carboxylic acids is 1. The Balaban J connectivity index is 0.000000321. The number of piperidine rings is 1. The molecule has 1 aromatic rings. The van der Waals surface area contributed by atoms with Gasteiger partial charge < -0.3 is 14.7 Å². The largest absolute Gasteiger partial charge is 0.490 e. The maximum absolute atomic E-state index is 12.3. The summed E-state index contributed by atoms with van der Waals surface area (Å²) in [5.41, 5.74) is 1.19. The fraction of sp³-hybridized carbons (Fsp3) is 0.647. The van der Waals surface area contributed by atoms with Crippen molar-refractivity contribution in [2.45, 2.75) is 31.0 Å². The Morgan fingerprint density at radius 3 is 2.26 bits per heavy atom. The number of nitrogens with zero attached hydrogens (tertiary/aromatic N) is 2. The standard InChI is InChI=1S/C15H22N2O2S.C2HF3O2/c1-19-10-9-17-8-5-15(17)3-6-16(7-4-15)14(18)13-2-11-20-12-13;3-2(4,5)1(6)7/h2,11-12H,3-10H2,1H3;(H,6,7). The highest BCUT2D eigenvalue weighted by atomic mass is 32.1. The summed E-state index contributed by atoms with van der Waals surface area (Å²) in [4.78, 5) is 25.8. The number of hydrogen-bond acceptors (Lipinski definition) is 5. The lowest BCUT2D eigenvalue weighted by Gasteiger charge is -2.56. The Hall–Kier alpha value is -1.65. The predicted octanol–water partition coefficient (Wildman–Crippen LogP) is 2.71. The smallest absolute Gasteiger partial charge is 0.475 e. The van der Waals surface area contributed by atoms with Gasteiger partial charge in [0.05, 0.1) is 12.2 Å². The van der Waals surface area contributed by atoms with E-state index in [2.05, 4.69) is 4.90 Å². The van der Waals surface area contributed by atoms with Crippen LogP contribution in [0.5, 0.6) is 0 Å². The lowest BCUT2D eigenvalue weighted by molar-refractivity contribution is -0.192. The maximum atomic E-state index is 12.3. The number of carbonyl (C=O) groups is 2. The first-order chi connectivity index (χ1) is 12.7. The van der Waals surface area contributed by atoms with Gasteiger partial charge in [-0.3, -0.25) is 9.69 Å². The number of carbonyl (C=O) groups excluding carboxylic acids is 1. The minimum atomic E-state index is -5.08. The van der Waals surface area contributed by atoms with Crippen LogP contribution in [0.15, 0.2) is 16.8 Å². The van der Waals surface area contributed by atoms with Gasteiger partial charge in [0.1, 0.15) is 0 Å². The SMILES string of the molecule is COCCN1CCC12CCN(C(=O)c1ccsc1)CC2.O=C(O)C(F)(F)F. The molecule has 3 rings (SSSR count). The minimum Gasteiger partial charge on any atom is -0.475 e. The number of halogens is 3. The van der Waals surface area contributed by atoms with Crippen molar-refractivity contribution in [1.82, 2.24) is 9.80 Å². The van der Waals surface area contributed by atoms with Crippen LogP contribution in [0.25, 0.3) is 0 Å². The number of aliphatic carboxylic acids is 1. The topological polar surface area (TPSA) is 70.1 Å². The van der Waals surface area contributed by atoms with Crippen molar-refractivity contribution in [3.63, 3.8) is 0 Å². The maximum Gasteiger partial charge on any atom is 0.490 e. The number of likely N-dealkylation sites (tertiary alicyclic amines) is 2. The van der Waals surface area contributed by atoms with Crippen LogP contribution in [-0.2, 0) is 9.53 Å². The Kier molecular flexibility index (Phi) is 7.24. The second kappa shape index (κ2) is 9.03. The zero-order valence-electron chi connectivity index (χ0n) is 15.0. The molecule has 27 heavy (non-hydrogen) atoms. The average Bonchev–Trinajstić information content (AvgIpc) is 3.15. The van der Waals surface area contributed by atoms with Gasteiger partial charge in [-0.05, 0) is 30.7 Å².